The number of aliphatic hydroxyl groups excluding tert-OH is 1. The van der Waals surface area contributed by atoms with Crippen LogP contribution in [0.25, 0.3) is 0 Å². The van der Waals surface area contributed by atoms with Gasteiger partial charge in [-0.25, -0.2) is 4.98 Å². The van der Waals surface area contributed by atoms with Gasteiger partial charge in [-0.05, 0) is 26.7 Å². The molecule has 2 heterocycles. The number of nitrogens with one attached hydrogen (secondary N) is 1. The van der Waals surface area contributed by atoms with Crippen LogP contribution in [0.2, 0.25) is 0 Å². The van der Waals surface area contributed by atoms with E-state index in [-0.39, 0.29) is 6.10 Å². The van der Waals surface area contributed by atoms with E-state index in [9.17, 15) is 5.11 Å². The van der Waals surface area contributed by atoms with Gasteiger partial charge in [-0.15, -0.1) is 0 Å². The van der Waals surface area contributed by atoms with Crippen LogP contribution in [0, 0.1) is 6.92 Å². The van der Waals surface area contributed by atoms with Gasteiger partial charge >= 0.3 is 0 Å². The molecule has 0 aliphatic carbocycles. The zero-order valence-electron chi connectivity index (χ0n) is 10.5. The number of β-amino-alcohol motifs (C(OH)–C–C–N with tert-alkyl or cyclic N) is 1. The standard InChI is InChI=1S/C12H20N4O/c1-3-13-12-14-7-9(2)11(15-12)16-6-4-5-10(17)8-16/h7,10,17H,3-6,8H2,1-2H3,(H,13,14,15). The third-order valence-electron chi connectivity index (χ3n) is 2.98. The predicted molar refractivity (Wildman–Crippen MR) is 68.4 cm³/mol. The number of nitrogens with zero attached hydrogens (tertiary/aromatic N) is 3. The molecule has 0 saturated carbocycles. The molecule has 1 aromatic rings. The molecule has 0 aromatic carbocycles. The van der Waals surface area contributed by atoms with E-state index in [2.05, 4.69) is 20.2 Å². The quantitative estimate of drug-likeness (QED) is 0.825. The third-order valence-corrected chi connectivity index (χ3v) is 2.98. The van der Waals surface area contributed by atoms with Crippen molar-refractivity contribution in [2.45, 2.75) is 32.8 Å². The van der Waals surface area contributed by atoms with Gasteiger partial charge in [0.15, 0.2) is 0 Å². The molecule has 17 heavy (non-hydrogen) atoms. The smallest absolute Gasteiger partial charge is 0.224 e. The first-order valence-electron chi connectivity index (χ1n) is 6.21. The fraction of sp³-hybridized carbons (Fsp3) is 0.667. The van der Waals surface area contributed by atoms with Gasteiger partial charge in [-0.1, -0.05) is 0 Å². The van der Waals surface area contributed by atoms with Gasteiger partial charge in [0.2, 0.25) is 5.95 Å². The molecule has 94 valence electrons. The number of anilines is 2. The van der Waals surface area contributed by atoms with Crippen molar-refractivity contribution in [3.05, 3.63) is 11.8 Å². The first-order valence-corrected chi connectivity index (χ1v) is 6.21. The normalized spacial score (nSPS) is 20.4. The van der Waals surface area contributed by atoms with Gasteiger partial charge in [0, 0.05) is 31.4 Å². The zero-order chi connectivity index (χ0) is 12.3. The minimum Gasteiger partial charge on any atom is -0.391 e. The molecule has 0 spiro atoms. The number of rotatable bonds is 3. The monoisotopic (exact) mass is 236 g/mol. The van der Waals surface area contributed by atoms with Crippen molar-refractivity contribution >= 4 is 11.8 Å². The Morgan fingerprint density at radius 3 is 3.12 bits per heavy atom. The molecule has 1 aromatic heterocycles. The largest absolute Gasteiger partial charge is 0.391 e. The minimum absolute atomic E-state index is 0.235. The number of aromatic nitrogens is 2. The summed E-state index contributed by atoms with van der Waals surface area (Å²) in [6.07, 6.45) is 3.50. The number of hydrogen-bond donors (Lipinski definition) is 2. The van der Waals surface area contributed by atoms with E-state index in [4.69, 9.17) is 0 Å². The van der Waals surface area contributed by atoms with Crippen LogP contribution in [0.15, 0.2) is 6.20 Å². The summed E-state index contributed by atoms with van der Waals surface area (Å²) in [6.45, 7) is 6.47. The molecule has 5 nitrogen and oxygen atoms in total. The summed E-state index contributed by atoms with van der Waals surface area (Å²) in [6, 6.07) is 0. The van der Waals surface area contributed by atoms with Crippen LogP contribution >= 0.6 is 0 Å². The zero-order valence-corrected chi connectivity index (χ0v) is 10.5. The van der Waals surface area contributed by atoms with Crippen LogP contribution in [0.3, 0.4) is 0 Å². The van der Waals surface area contributed by atoms with E-state index in [0.29, 0.717) is 12.5 Å². The second-order valence-electron chi connectivity index (χ2n) is 4.47. The molecular weight excluding hydrogens is 216 g/mol. The second kappa shape index (κ2) is 5.31. The Kier molecular flexibility index (Phi) is 3.78. The fourth-order valence-corrected chi connectivity index (χ4v) is 2.14. The fourth-order valence-electron chi connectivity index (χ4n) is 2.14. The van der Waals surface area contributed by atoms with Crippen molar-refractivity contribution in [2.75, 3.05) is 29.9 Å². The van der Waals surface area contributed by atoms with Gasteiger partial charge in [-0.3, -0.25) is 0 Å². The lowest BCUT2D eigenvalue weighted by Crippen LogP contribution is -2.39. The molecule has 2 rings (SSSR count). The van der Waals surface area contributed by atoms with Crippen molar-refractivity contribution in [1.29, 1.82) is 0 Å². The Labute approximate surface area is 102 Å². The van der Waals surface area contributed by atoms with E-state index >= 15 is 0 Å². The van der Waals surface area contributed by atoms with Gasteiger partial charge in [0.05, 0.1) is 6.10 Å². The SMILES string of the molecule is CCNc1ncc(C)c(N2CCCC(O)C2)n1. The van der Waals surface area contributed by atoms with Gasteiger partial charge in [-0.2, -0.15) is 4.98 Å². The van der Waals surface area contributed by atoms with E-state index in [1.54, 1.807) is 0 Å². The molecule has 2 N–H and O–H groups in total. The van der Waals surface area contributed by atoms with Crippen LogP contribution in [-0.4, -0.2) is 40.8 Å². The molecule has 1 aliphatic heterocycles. The van der Waals surface area contributed by atoms with Crippen molar-refractivity contribution in [3.8, 4) is 0 Å². The molecule has 1 fully saturated rings. The van der Waals surface area contributed by atoms with E-state index in [1.165, 1.54) is 0 Å². The van der Waals surface area contributed by atoms with Gasteiger partial charge in [0.1, 0.15) is 5.82 Å². The topological polar surface area (TPSA) is 61.3 Å². The summed E-state index contributed by atoms with van der Waals surface area (Å²) in [5, 5.41) is 12.8. The van der Waals surface area contributed by atoms with Gasteiger partial charge < -0.3 is 15.3 Å². The van der Waals surface area contributed by atoms with Crippen molar-refractivity contribution in [1.82, 2.24) is 9.97 Å². The van der Waals surface area contributed by atoms with Crippen LogP contribution in [0.1, 0.15) is 25.3 Å². The summed E-state index contributed by atoms with van der Waals surface area (Å²) in [5.74, 6) is 1.60. The third kappa shape index (κ3) is 2.85. The summed E-state index contributed by atoms with van der Waals surface area (Å²) in [4.78, 5) is 10.9. The highest BCUT2D eigenvalue weighted by Gasteiger charge is 2.20. The summed E-state index contributed by atoms with van der Waals surface area (Å²) in [7, 11) is 0. The molecule has 1 saturated heterocycles. The predicted octanol–water partition coefficient (Wildman–Crippen LogP) is 1.18. The van der Waals surface area contributed by atoms with E-state index in [0.717, 1.165) is 37.3 Å². The minimum atomic E-state index is -0.235. The van der Waals surface area contributed by atoms with E-state index < -0.39 is 0 Å². The Morgan fingerprint density at radius 2 is 2.41 bits per heavy atom. The van der Waals surface area contributed by atoms with Gasteiger partial charge in [0.25, 0.3) is 0 Å². The Morgan fingerprint density at radius 1 is 1.59 bits per heavy atom. The maximum absolute atomic E-state index is 9.70. The Bertz CT molecular complexity index is 383. The molecule has 5 heteroatoms. The highest BCUT2D eigenvalue weighted by Crippen LogP contribution is 2.22. The molecule has 0 bridgehead atoms. The number of hydrogen-bond acceptors (Lipinski definition) is 5. The lowest BCUT2D eigenvalue weighted by Gasteiger charge is -2.32. The second-order valence-corrected chi connectivity index (χ2v) is 4.47. The average Bonchev–Trinajstić information content (AvgIpc) is 2.32. The summed E-state index contributed by atoms with van der Waals surface area (Å²) >= 11 is 0. The van der Waals surface area contributed by atoms with Crippen LogP contribution in [0.4, 0.5) is 11.8 Å². The molecule has 0 radical (unpaired) electrons. The summed E-state index contributed by atoms with van der Waals surface area (Å²) in [5.41, 5.74) is 1.06. The number of piperidine rings is 1. The first kappa shape index (κ1) is 12.1. The van der Waals surface area contributed by atoms with Crippen LogP contribution < -0.4 is 10.2 Å². The Hall–Kier alpha value is -1.36. The van der Waals surface area contributed by atoms with Crippen molar-refractivity contribution in [3.63, 3.8) is 0 Å². The highest BCUT2D eigenvalue weighted by molar-refractivity contribution is 5.49. The molecule has 1 unspecified atom stereocenters. The highest BCUT2D eigenvalue weighted by atomic mass is 16.3. The lowest BCUT2D eigenvalue weighted by atomic mass is 10.1. The van der Waals surface area contributed by atoms with Crippen molar-refractivity contribution < 1.29 is 5.11 Å². The first-order chi connectivity index (χ1) is 8.20. The molecule has 0 amide bonds. The maximum Gasteiger partial charge on any atom is 0.224 e. The maximum atomic E-state index is 9.70. The van der Waals surface area contributed by atoms with Crippen LogP contribution in [0.5, 0.6) is 0 Å². The number of aryl methyl sites for hydroxylation is 1. The molecule has 1 atom stereocenters. The average molecular weight is 236 g/mol. The molecular formula is C12H20N4O. The van der Waals surface area contributed by atoms with E-state index in [1.807, 2.05) is 20.0 Å². The summed E-state index contributed by atoms with van der Waals surface area (Å²) < 4.78 is 0. The van der Waals surface area contributed by atoms with Crippen molar-refractivity contribution in [2.24, 2.45) is 0 Å². The van der Waals surface area contributed by atoms with Crippen LogP contribution in [-0.2, 0) is 0 Å². The number of aliphatic hydroxyl groups is 1. The lowest BCUT2D eigenvalue weighted by molar-refractivity contribution is 0.154. The Balaban J connectivity index is 2.20. The molecule has 1 aliphatic rings.